The van der Waals surface area contributed by atoms with Gasteiger partial charge in [0.1, 0.15) is 11.5 Å². The van der Waals surface area contributed by atoms with Crippen molar-refractivity contribution in [2.45, 2.75) is 19.4 Å². The van der Waals surface area contributed by atoms with Crippen LogP contribution in [0.2, 0.25) is 0 Å². The van der Waals surface area contributed by atoms with Crippen molar-refractivity contribution in [1.82, 2.24) is 5.43 Å². The van der Waals surface area contributed by atoms with Crippen LogP contribution in [0.5, 0.6) is 11.5 Å². The number of benzene rings is 2. The molecule has 1 unspecified atom stereocenters. The Balaban J connectivity index is 1.92. The minimum Gasteiger partial charge on any atom is -0.494 e. The Hall–Kier alpha value is -2.04. The van der Waals surface area contributed by atoms with Crippen molar-refractivity contribution in [2.24, 2.45) is 5.84 Å². The number of rotatable bonds is 5. The molecule has 1 heterocycles. The number of fused-ring (bicyclic) bond motifs is 1. The van der Waals surface area contributed by atoms with E-state index in [9.17, 15) is 0 Å². The van der Waals surface area contributed by atoms with E-state index in [1.165, 1.54) is 5.56 Å². The largest absolute Gasteiger partial charge is 0.494 e. The Kier molecular flexibility index (Phi) is 4.08. The molecule has 0 fully saturated rings. The van der Waals surface area contributed by atoms with Crippen LogP contribution in [0.25, 0.3) is 0 Å². The molecule has 0 spiro atoms. The predicted octanol–water partition coefficient (Wildman–Crippen LogP) is 2.57. The zero-order valence-corrected chi connectivity index (χ0v) is 12.1. The number of hydrogen-bond acceptors (Lipinski definition) is 4. The van der Waals surface area contributed by atoms with Crippen molar-refractivity contribution in [2.75, 3.05) is 13.2 Å². The maximum Gasteiger partial charge on any atom is 0.122 e. The Morgan fingerprint density at radius 1 is 1.24 bits per heavy atom. The minimum absolute atomic E-state index is 0.0590. The molecule has 2 aromatic carbocycles. The summed E-state index contributed by atoms with van der Waals surface area (Å²) < 4.78 is 11.1. The fourth-order valence-corrected chi connectivity index (χ4v) is 2.72. The summed E-state index contributed by atoms with van der Waals surface area (Å²) in [7, 11) is 0. The Bertz CT molecular complexity index is 628. The van der Waals surface area contributed by atoms with Gasteiger partial charge in [0.15, 0.2) is 0 Å². The first-order chi connectivity index (χ1) is 10.3. The van der Waals surface area contributed by atoms with Crippen LogP contribution in [0.3, 0.4) is 0 Å². The van der Waals surface area contributed by atoms with Crippen LogP contribution in [-0.2, 0) is 6.42 Å². The number of hydrazine groups is 1. The minimum atomic E-state index is -0.0590. The second-order valence-electron chi connectivity index (χ2n) is 5.07. The standard InChI is InChI=1S/C17H20N2O2/c1-2-20-15-5-3-4-13(11-15)17(19-18)14-6-7-16-12(10-14)8-9-21-16/h3-7,10-11,17,19H,2,8-9,18H2,1H3. The highest BCUT2D eigenvalue weighted by Crippen LogP contribution is 2.31. The van der Waals surface area contributed by atoms with Gasteiger partial charge in [-0.05, 0) is 41.8 Å². The first-order valence-electron chi connectivity index (χ1n) is 7.26. The van der Waals surface area contributed by atoms with Gasteiger partial charge in [0.25, 0.3) is 0 Å². The molecule has 0 amide bonds. The van der Waals surface area contributed by atoms with E-state index in [2.05, 4.69) is 23.6 Å². The van der Waals surface area contributed by atoms with Gasteiger partial charge in [-0.25, -0.2) is 5.43 Å². The topological polar surface area (TPSA) is 56.5 Å². The van der Waals surface area contributed by atoms with Gasteiger partial charge in [0.05, 0.1) is 19.3 Å². The van der Waals surface area contributed by atoms with Crippen LogP contribution in [0.1, 0.15) is 29.7 Å². The van der Waals surface area contributed by atoms with Gasteiger partial charge in [0, 0.05) is 6.42 Å². The van der Waals surface area contributed by atoms with Gasteiger partial charge in [-0.3, -0.25) is 5.84 Å². The molecule has 1 atom stereocenters. The molecule has 110 valence electrons. The Morgan fingerprint density at radius 2 is 2.10 bits per heavy atom. The molecule has 0 aromatic heterocycles. The molecule has 1 aliphatic heterocycles. The molecule has 0 saturated carbocycles. The van der Waals surface area contributed by atoms with Crippen molar-refractivity contribution >= 4 is 0 Å². The highest BCUT2D eigenvalue weighted by molar-refractivity contribution is 5.44. The molecular formula is C17H20N2O2. The van der Waals surface area contributed by atoms with Crippen molar-refractivity contribution in [3.05, 3.63) is 59.2 Å². The van der Waals surface area contributed by atoms with Crippen molar-refractivity contribution in [3.8, 4) is 11.5 Å². The van der Waals surface area contributed by atoms with E-state index in [0.717, 1.165) is 35.7 Å². The van der Waals surface area contributed by atoms with Crippen LogP contribution >= 0.6 is 0 Å². The molecule has 0 radical (unpaired) electrons. The second kappa shape index (κ2) is 6.16. The fraction of sp³-hybridized carbons (Fsp3) is 0.294. The fourth-order valence-electron chi connectivity index (χ4n) is 2.72. The highest BCUT2D eigenvalue weighted by Gasteiger charge is 2.18. The van der Waals surface area contributed by atoms with E-state index in [1.807, 2.05) is 31.2 Å². The van der Waals surface area contributed by atoms with E-state index in [0.29, 0.717) is 6.61 Å². The summed E-state index contributed by atoms with van der Waals surface area (Å²) >= 11 is 0. The van der Waals surface area contributed by atoms with Crippen LogP contribution in [0.4, 0.5) is 0 Å². The summed E-state index contributed by atoms with van der Waals surface area (Å²) in [6, 6.07) is 14.2. The molecule has 2 aromatic rings. The third kappa shape index (κ3) is 2.86. The summed E-state index contributed by atoms with van der Waals surface area (Å²) in [6.07, 6.45) is 0.958. The predicted molar refractivity (Wildman–Crippen MR) is 82.4 cm³/mol. The SMILES string of the molecule is CCOc1cccc(C(NN)c2ccc3c(c2)CCO3)c1. The van der Waals surface area contributed by atoms with Crippen molar-refractivity contribution in [3.63, 3.8) is 0 Å². The monoisotopic (exact) mass is 284 g/mol. The molecule has 3 N–H and O–H groups in total. The molecule has 4 nitrogen and oxygen atoms in total. The second-order valence-corrected chi connectivity index (χ2v) is 5.07. The molecular weight excluding hydrogens is 264 g/mol. The molecule has 21 heavy (non-hydrogen) atoms. The number of nitrogens with one attached hydrogen (secondary N) is 1. The normalized spacial score (nSPS) is 14.4. The lowest BCUT2D eigenvalue weighted by Gasteiger charge is -2.18. The van der Waals surface area contributed by atoms with Crippen LogP contribution in [-0.4, -0.2) is 13.2 Å². The van der Waals surface area contributed by atoms with Gasteiger partial charge in [-0.1, -0.05) is 24.3 Å². The third-order valence-corrected chi connectivity index (χ3v) is 3.72. The highest BCUT2D eigenvalue weighted by atomic mass is 16.5. The summed E-state index contributed by atoms with van der Waals surface area (Å²) in [5.41, 5.74) is 6.36. The van der Waals surface area contributed by atoms with Gasteiger partial charge in [-0.15, -0.1) is 0 Å². The van der Waals surface area contributed by atoms with E-state index in [-0.39, 0.29) is 6.04 Å². The summed E-state index contributed by atoms with van der Waals surface area (Å²) in [6.45, 7) is 3.39. The lowest BCUT2D eigenvalue weighted by Crippen LogP contribution is -2.28. The van der Waals surface area contributed by atoms with Gasteiger partial charge in [-0.2, -0.15) is 0 Å². The van der Waals surface area contributed by atoms with Crippen LogP contribution in [0.15, 0.2) is 42.5 Å². The molecule has 3 rings (SSSR count). The number of nitrogens with two attached hydrogens (primary N) is 1. The zero-order valence-electron chi connectivity index (χ0n) is 12.1. The van der Waals surface area contributed by atoms with Gasteiger partial charge in [0.2, 0.25) is 0 Å². The third-order valence-electron chi connectivity index (χ3n) is 3.72. The summed E-state index contributed by atoms with van der Waals surface area (Å²) in [5.74, 6) is 7.63. The van der Waals surface area contributed by atoms with Gasteiger partial charge < -0.3 is 9.47 Å². The Labute approximate surface area is 124 Å². The van der Waals surface area contributed by atoms with Crippen LogP contribution in [0, 0.1) is 0 Å². The smallest absolute Gasteiger partial charge is 0.122 e. The maximum absolute atomic E-state index is 5.78. The first-order valence-corrected chi connectivity index (χ1v) is 7.26. The van der Waals surface area contributed by atoms with E-state index in [4.69, 9.17) is 15.3 Å². The molecule has 0 bridgehead atoms. The van der Waals surface area contributed by atoms with Gasteiger partial charge >= 0.3 is 0 Å². The molecule has 0 aliphatic carbocycles. The maximum atomic E-state index is 5.78. The molecule has 4 heteroatoms. The quantitative estimate of drug-likeness (QED) is 0.654. The lowest BCUT2D eigenvalue weighted by atomic mass is 9.97. The van der Waals surface area contributed by atoms with E-state index < -0.39 is 0 Å². The summed E-state index contributed by atoms with van der Waals surface area (Å²) in [5, 5.41) is 0. The zero-order chi connectivity index (χ0) is 14.7. The summed E-state index contributed by atoms with van der Waals surface area (Å²) in [4.78, 5) is 0. The molecule has 1 aliphatic rings. The number of hydrogen-bond donors (Lipinski definition) is 2. The van der Waals surface area contributed by atoms with E-state index >= 15 is 0 Å². The Morgan fingerprint density at radius 3 is 2.90 bits per heavy atom. The van der Waals surface area contributed by atoms with Crippen molar-refractivity contribution in [1.29, 1.82) is 0 Å². The average Bonchev–Trinajstić information content (AvgIpc) is 2.96. The van der Waals surface area contributed by atoms with Crippen molar-refractivity contribution < 1.29 is 9.47 Å². The molecule has 0 saturated heterocycles. The first kappa shape index (κ1) is 13.9. The number of ether oxygens (including phenoxy) is 2. The van der Waals surface area contributed by atoms with Crippen LogP contribution < -0.4 is 20.7 Å². The van der Waals surface area contributed by atoms with E-state index in [1.54, 1.807) is 0 Å². The average molecular weight is 284 g/mol. The lowest BCUT2D eigenvalue weighted by molar-refractivity contribution is 0.339.